The van der Waals surface area contributed by atoms with E-state index in [9.17, 15) is 0 Å². The van der Waals surface area contributed by atoms with Gasteiger partial charge in [-0.2, -0.15) is 0 Å². The van der Waals surface area contributed by atoms with Crippen molar-refractivity contribution < 1.29 is 0 Å². The molecular formula is C46H30N2S. The first kappa shape index (κ1) is 27.9. The van der Waals surface area contributed by atoms with Crippen molar-refractivity contribution in [3.05, 3.63) is 182 Å². The monoisotopic (exact) mass is 642 g/mol. The van der Waals surface area contributed by atoms with Crippen LogP contribution in [-0.2, 0) is 0 Å². The van der Waals surface area contributed by atoms with Crippen molar-refractivity contribution in [3.63, 3.8) is 0 Å². The fourth-order valence-electron chi connectivity index (χ4n) is 7.43. The first-order chi connectivity index (χ1) is 24.3. The van der Waals surface area contributed by atoms with E-state index in [4.69, 9.17) is 0 Å². The standard InChI is InChI=1S/C46H30N2S/c1-3-13-35(14-4-1)47(37-22-19-31-11-7-8-12-32(31)27-37)38-23-24-39-41-28-33(20-25-43(41)48(44(39)30-38)36-15-5-2-6-16-36)34-21-26-46-42(29-34)40-17-9-10-18-45(40)49-46/h1-30H. The number of thiophene rings is 1. The predicted octanol–water partition coefficient (Wildman–Crippen LogP) is 13.4. The second-order valence-electron chi connectivity index (χ2n) is 12.6. The molecule has 0 spiro atoms. The van der Waals surface area contributed by atoms with Crippen LogP contribution in [-0.4, -0.2) is 4.57 Å². The molecule has 10 rings (SSSR count). The van der Waals surface area contributed by atoms with Crippen molar-refractivity contribution in [1.82, 2.24) is 4.57 Å². The summed E-state index contributed by atoms with van der Waals surface area (Å²) in [4.78, 5) is 2.37. The summed E-state index contributed by atoms with van der Waals surface area (Å²) in [7, 11) is 0. The van der Waals surface area contributed by atoms with E-state index in [1.54, 1.807) is 0 Å². The van der Waals surface area contributed by atoms with Gasteiger partial charge in [0.2, 0.25) is 0 Å². The molecular weight excluding hydrogens is 613 g/mol. The summed E-state index contributed by atoms with van der Waals surface area (Å²) < 4.78 is 5.07. The van der Waals surface area contributed by atoms with Crippen LogP contribution < -0.4 is 4.90 Å². The van der Waals surface area contributed by atoms with Crippen molar-refractivity contribution in [2.24, 2.45) is 0 Å². The number of nitrogens with zero attached hydrogens (tertiary/aromatic N) is 2. The molecule has 0 radical (unpaired) electrons. The van der Waals surface area contributed by atoms with Gasteiger partial charge in [-0.1, -0.05) is 103 Å². The van der Waals surface area contributed by atoms with Crippen LogP contribution in [0.4, 0.5) is 17.1 Å². The highest BCUT2D eigenvalue weighted by molar-refractivity contribution is 7.25. The maximum atomic E-state index is 2.41. The fourth-order valence-corrected chi connectivity index (χ4v) is 8.52. The molecule has 49 heavy (non-hydrogen) atoms. The van der Waals surface area contributed by atoms with Crippen LogP contribution in [0.25, 0.3) is 69.6 Å². The number of hydrogen-bond donors (Lipinski definition) is 0. The van der Waals surface area contributed by atoms with Gasteiger partial charge in [0.15, 0.2) is 0 Å². The van der Waals surface area contributed by atoms with Crippen LogP contribution >= 0.6 is 11.3 Å². The number of rotatable bonds is 5. The summed E-state index contributed by atoms with van der Waals surface area (Å²) in [5.74, 6) is 0. The molecule has 0 fully saturated rings. The van der Waals surface area contributed by atoms with E-state index in [-0.39, 0.29) is 0 Å². The van der Waals surface area contributed by atoms with Gasteiger partial charge in [-0.05, 0) is 101 Å². The minimum atomic E-state index is 1.11. The molecule has 0 saturated heterocycles. The lowest BCUT2D eigenvalue weighted by atomic mass is 10.0. The number of aromatic nitrogens is 1. The molecule has 0 aliphatic rings. The topological polar surface area (TPSA) is 8.17 Å². The largest absolute Gasteiger partial charge is 0.310 e. The van der Waals surface area contributed by atoms with Gasteiger partial charge in [0, 0.05) is 53.7 Å². The highest BCUT2D eigenvalue weighted by Crippen LogP contribution is 2.42. The number of anilines is 3. The highest BCUT2D eigenvalue weighted by Gasteiger charge is 2.18. The van der Waals surface area contributed by atoms with Gasteiger partial charge >= 0.3 is 0 Å². The molecule has 230 valence electrons. The first-order valence-electron chi connectivity index (χ1n) is 16.7. The second-order valence-corrected chi connectivity index (χ2v) is 13.7. The predicted molar refractivity (Wildman–Crippen MR) is 211 cm³/mol. The summed E-state index contributed by atoms with van der Waals surface area (Å²) in [5, 5.41) is 7.59. The lowest BCUT2D eigenvalue weighted by Gasteiger charge is -2.26. The molecule has 0 amide bonds. The van der Waals surface area contributed by atoms with E-state index >= 15 is 0 Å². The molecule has 0 atom stereocenters. The van der Waals surface area contributed by atoms with E-state index in [1.807, 2.05) is 11.3 Å². The van der Waals surface area contributed by atoms with Crippen molar-refractivity contribution in [3.8, 4) is 16.8 Å². The molecule has 0 bridgehead atoms. The zero-order valence-corrected chi connectivity index (χ0v) is 27.4. The Morgan fingerprint density at radius 2 is 1.02 bits per heavy atom. The molecule has 2 heterocycles. The average Bonchev–Trinajstić information content (AvgIpc) is 3.70. The van der Waals surface area contributed by atoms with Crippen LogP contribution in [0.2, 0.25) is 0 Å². The third-order valence-electron chi connectivity index (χ3n) is 9.74. The van der Waals surface area contributed by atoms with E-state index in [2.05, 4.69) is 191 Å². The third-order valence-corrected chi connectivity index (χ3v) is 10.9. The summed E-state index contributed by atoms with van der Waals surface area (Å²) in [5.41, 5.74) is 9.35. The molecule has 0 aliphatic carbocycles. The first-order valence-corrected chi connectivity index (χ1v) is 17.5. The normalized spacial score (nSPS) is 11.7. The van der Waals surface area contributed by atoms with Crippen molar-refractivity contribution in [1.29, 1.82) is 0 Å². The van der Waals surface area contributed by atoms with E-state index < -0.39 is 0 Å². The Balaban J connectivity index is 1.19. The van der Waals surface area contributed by atoms with Crippen LogP contribution in [0.1, 0.15) is 0 Å². The van der Waals surface area contributed by atoms with Gasteiger partial charge in [0.05, 0.1) is 11.0 Å². The summed E-state index contributed by atoms with van der Waals surface area (Å²) >= 11 is 1.86. The third kappa shape index (κ3) is 4.62. The minimum Gasteiger partial charge on any atom is -0.310 e. The lowest BCUT2D eigenvalue weighted by molar-refractivity contribution is 1.18. The molecule has 3 heteroatoms. The van der Waals surface area contributed by atoms with Gasteiger partial charge < -0.3 is 9.47 Å². The van der Waals surface area contributed by atoms with Crippen molar-refractivity contribution in [2.45, 2.75) is 0 Å². The Bertz CT molecular complexity index is 2830. The number of para-hydroxylation sites is 2. The van der Waals surface area contributed by atoms with Crippen LogP contribution in [0, 0.1) is 0 Å². The zero-order chi connectivity index (χ0) is 32.3. The van der Waals surface area contributed by atoms with Crippen LogP contribution in [0.5, 0.6) is 0 Å². The Labute approximate surface area is 288 Å². The summed E-state index contributed by atoms with van der Waals surface area (Å²) in [6, 6.07) is 66.3. The molecule has 0 aliphatic heterocycles. The van der Waals surface area contributed by atoms with Gasteiger partial charge in [-0.15, -0.1) is 11.3 Å². The van der Waals surface area contributed by atoms with E-state index in [0.717, 1.165) is 22.7 Å². The quantitative estimate of drug-likeness (QED) is 0.181. The molecule has 10 aromatic rings. The van der Waals surface area contributed by atoms with Crippen molar-refractivity contribution >= 4 is 81.1 Å². The molecule has 2 aromatic heterocycles. The molecule has 0 N–H and O–H groups in total. The fraction of sp³-hybridized carbons (Fsp3) is 0. The summed E-state index contributed by atoms with van der Waals surface area (Å²) in [6.07, 6.45) is 0. The number of hydrogen-bond acceptors (Lipinski definition) is 2. The number of fused-ring (bicyclic) bond motifs is 7. The van der Waals surface area contributed by atoms with Gasteiger partial charge in [0.1, 0.15) is 0 Å². The summed E-state index contributed by atoms with van der Waals surface area (Å²) in [6.45, 7) is 0. The molecule has 8 aromatic carbocycles. The Hall–Kier alpha value is -6.16. The van der Waals surface area contributed by atoms with Crippen molar-refractivity contribution in [2.75, 3.05) is 4.90 Å². The van der Waals surface area contributed by atoms with E-state index in [1.165, 1.54) is 63.9 Å². The SMILES string of the molecule is c1ccc(N(c2ccc3ccccc3c2)c2ccc3c4cc(-c5ccc6sc7ccccc7c6c5)ccc4n(-c4ccccc4)c3c2)cc1. The Kier molecular flexibility index (Phi) is 6.39. The van der Waals surface area contributed by atoms with E-state index in [0.29, 0.717) is 0 Å². The van der Waals surface area contributed by atoms with Gasteiger partial charge in [-0.3, -0.25) is 0 Å². The Morgan fingerprint density at radius 3 is 1.88 bits per heavy atom. The average molecular weight is 643 g/mol. The highest BCUT2D eigenvalue weighted by atomic mass is 32.1. The van der Waals surface area contributed by atoms with Crippen LogP contribution in [0.3, 0.4) is 0 Å². The Morgan fingerprint density at radius 1 is 0.367 bits per heavy atom. The molecule has 0 saturated carbocycles. The zero-order valence-electron chi connectivity index (χ0n) is 26.6. The maximum absolute atomic E-state index is 2.41. The lowest BCUT2D eigenvalue weighted by Crippen LogP contribution is -2.10. The molecule has 2 nitrogen and oxygen atoms in total. The number of benzene rings is 8. The second kappa shape index (κ2) is 11.2. The minimum absolute atomic E-state index is 1.11. The van der Waals surface area contributed by atoms with Gasteiger partial charge in [0.25, 0.3) is 0 Å². The van der Waals surface area contributed by atoms with Crippen LogP contribution in [0.15, 0.2) is 182 Å². The smallest absolute Gasteiger partial charge is 0.0561 e. The van der Waals surface area contributed by atoms with Gasteiger partial charge in [-0.25, -0.2) is 0 Å². The maximum Gasteiger partial charge on any atom is 0.0561 e. The molecule has 0 unspecified atom stereocenters.